The molecular formula is C27H25FN2O6S. The molecule has 0 spiro atoms. The van der Waals surface area contributed by atoms with Gasteiger partial charge in [0.05, 0.1) is 25.0 Å². The van der Waals surface area contributed by atoms with Gasteiger partial charge in [-0.05, 0) is 50.1 Å². The van der Waals surface area contributed by atoms with Crippen LogP contribution in [0, 0.1) is 19.7 Å². The first-order valence-corrected chi connectivity index (χ1v) is 12.4. The van der Waals surface area contributed by atoms with Gasteiger partial charge in [0.15, 0.2) is 5.13 Å². The average molecular weight is 525 g/mol. The second-order valence-corrected chi connectivity index (χ2v) is 9.40. The number of thiazole rings is 1. The zero-order chi connectivity index (χ0) is 26.9. The van der Waals surface area contributed by atoms with Crippen LogP contribution in [0.15, 0.2) is 48.0 Å². The number of aromatic nitrogens is 1. The van der Waals surface area contributed by atoms with Crippen LogP contribution in [0.1, 0.15) is 51.4 Å². The third kappa shape index (κ3) is 4.72. The Morgan fingerprint density at radius 2 is 1.92 bits per heavy atom. The number of methoxy groups -OCH3 is 1. The van der Waals surface area contributed by atoms with Gasteiger partial charge in [-0.3, -0.25) is 14.5 Å². The Bertz CT molecular complexity index is 1430. The maximum atomic E-state index is 15.1. The lowest BCUT2D eigenvalue weighted by Gasteiger charge is -2.23. The number of hydrogen-bond acceptors (Lipinski definition) is 8. The molecule has 10 heteroatoms. The minimum absolute atomic E-state index is 0.00431. The number of hydrogen-bond donors (Lipinski definition) is 1. The number of amides is 1. The van der Waals surface area contributed by atoms with E-state index in [-0.39, 0.29) is 26.7 Å². The number of benzene rings is 2. The van der Waals surface area contributed by atoms with Crippen molar-refractivity contribution in [2.75, 3.05) is 18.6 Å². The van der Waals surface area contributed by atoms with Crippen LogP contribution in [0.3, 0.4) is 0 Å². The molecule has 2 heterocycles. The number of ketones is 1. The molecule has 1 amide bonds. The number of Topliss-reactive ketones (excluding diaryl/α,β-unsaturated/α-hetero) is 1. The summed E-state index contributed by atoms with van der Waals surface area (Å²) in [5.74, 6) is -3.16. The van der Waals surface area contributed by atoms with E-state index >= 15 is 4.39 Å². The van der Waals surface area contributed by atoms with Gasteiger partial charge in [0, 0.05) is 11.1 Å². The SMILES string of the molecule is CCCOc1ccc(C(O)=C2C(=O)C(=O)N(c3nc(C)c(C(=O)OC)s3)C2c2ccccc2F)cc1C. The Balaban J connectivity index is 1.90. The molecular weight excluding hydrogens is 499 g/mol. The second-order valence-electron chi connectivity index (χ2n) is 8.42. The highest BCUT2D eigenvalue weighted by Crippen LogP contribution is 2.44. The minimum Gasteiger partial charge on any atom is -0.507 e. The number of nitrogens with zero attached hydrogens (tertiary/aromatic N) is 2. The third-order valence-corrected chi connectivity index (χ3v) is 7.05. The normalized spacial score (nSPS) is 16.8. The van der Waals surface area contributed by atoms with Crippen molar-refractivity contribution in [2.24, 2.45) is 0 Å². The Hall–Kier alpha value is -4.05. The van der Waals surface area contributed by atoms with Gasteiger partial charge in [-0.2, -0.15) is 0 Å². The number of esters is 1. The summed E-state index contributed by atoms with van der Waals surface area (Å²) >= 11 is 0.845. The van der Waals surface area contributed by atoms with E-state index in [1.54, 1.807) is 38.1 Å². The summed E-state index contributed by atoms with van der Waals surface area (Å²) in [5, 5.41) is 11.3. The zero-order valence-electron chi connectivity index (χ0n) is 20.7. The van der Waals surface area contributed by atoms with Crippen LogP contribution in [-0.2, 0) is 14.3 Å². The molecule has 192 valence electrons. The fourth-order valence-electron chi connectivity index (χ4n) is 4.11. The largest absolute Gasteiger partial charge is 0.507 e. The number of halogens is 1. The molecule has 1 saturated heterocycles. The highest BCUT2D eigenvalue weighted by Gasteiger charge is 2.49. The van der Waals surface area contributed by atoms with E-state index < -0.39 is 35.3 Å². The monoisotopic (exact) mass is 524 g/mol. The molecule has 1 aliphatic rings. The van der Waals surface area contributed by atoms with Gasteiger partial charge < -0.3 is 14.6 Å². The molecule has 0 aliphatic carbocycles. The predicted molar refractivity (Wildman–Crippen MR) is 136 cm³/mol. The number of carbonyl (C=O) groups excluding carboxylic acids is 3. The van der Waals surface area contributed by atoms with E-state index in [2.05, 4.69) is 4.98 Å². The summed E-state index contributed by atoms with van der Waals surface area (Å²) < 4.78 is 25.5. The van der Waals surface area contributed by atoms with Crippen LogP contribution < -0.4 is 9.64 Å². The minimum atomic E-state index is -1.31. The number of anilines is 1. The van der Waals surface area contributed by atoms with Crippen molar-refractivity contribution in [3.05, 3.63) is 81.1 Å². The van der Waals surface area contributed by atoms with Gasteiger partial charge >= 0.3 is 11.9 Å². The van der Waals surface area contributed by atoms with E-state index in [0.29, 0.717) is 23.6 Å². The van der Waals surface area contributed by atoms with E-state index in [4.69, 9.17) is 9.47 Å². The average Bonchev–Trinajstić information content (AvgIpc) is 3.39. The molecule has 2 aromatic carbocycles. The molecule has 37 heavy (non-hydrogen) atoms. The van der Waals surface area contributed by atoms with Crippen molar-refractivity contribution in [1.82, 2.24) is 4.98 Å². The van der Waals surface area contributed by atoms with Crippen LogP contribution in [0.4, 0.5) is 9.52 Å². The van der Waals surface area contributed by atoms with Crippen LogP contribution in [0.5, 0.6) is 5.75 Å². The summed E-state index contributed by atoms with van der Waals surface area (Å²) in [6.07, 6.45) is 0.821. The van der Waals surface area contributed by atoms with E-state index in [1.165, 1.54) is 25.3 Å². The smallest absolute Gasteiger partial charge is 0.350 e. The topological polar surface area (TPSA) is 106 Å². The van der Waals surface area contributed by atoms with Gasteiger partial charge in [-0.1, -0.05) is 36.5 Å². The standard InChI is InChI=1S/C27H25FN2O6S/c1-5-12-36-19-11-10-16(13-14(19)2)22(31)20-21(17-8-6-7-9-18(17)28)30(25(33)23(20)32)27-29-15(3)24(37-27)26(34)35-4/h6-11,13,21,31H,5,12H2,1-4H3. The molecule has 0 saturated carbocycles. The number of aliphatic hydroxyl groups excluding tert-OH is 1. The first-order chi connectivity index (χ1) is 17.7. The van der Waals surface area contributed by atoms with Crippen molar-refractivity contribution in [3.63, 3.8) is 0 Å². The van der Waals surface area contributed by atoms with Crippen molar-refractivity contribution in [2.45, 2.75) is 33.2 Å². The summed E-state index contributed by atoms with van der Waals surface area (Å²) in [6, 6.07) is 9.24. The molecule has 8 nitrogen and oxygen atoms in total. The second kappa shape index (κ2) is 10.5. The van der Waals surface area contributed by atoms with Crippen LogP contribution in [0.25, 0.3) is 5.76 Å². The number of ether oxygens (including phenoxy) is 2. The summed E-state index contributed by atoms with van der Waals surface area (Å²) in [6.45, 7) is 5.86. The van der Waals surface area contributed by atoms with Crippen molar-refractivity contribution >= 4 is 39.9 Å². The highest BCUT2D eigenvalue weighted by atomic mass is 32.1. The predicted octanol–water partition coefficient (Wildman–Crippen LogP) is 5.10. The number of aliphatic hydroxyl groups is 1. The lowest BCUT2D eigenvalue weighted by molar-refractivity contribution is -0.132. The van der Waals surface area contributed by atoms with Gasteiger partial charge in [0.2, 0.25) is 0 Å². The van der Waals surface area contributed by atoms with E-state index in [9.17, 15) is 19.5 Å². The van der Waals surface area contributed by atoms with Gasteiger partial charge in [-0.15, -0.1) is 0 Å². The molecule has 1 atom stereocenters. The number of carbonyl (C=O) groups is 3. The molecule has 1 aromatic heterocycles. The van der Waals surface area contributed by atoms with Crippen LogP contribution in [-0.4, -0.2) is 41.5 Å². The Kier molecular flexibility index (Phi) is 7.40. The van der Waals surface area contributed by atoms with Crippen LogP contribution >= 0.6 is 11.3 Å². The summed E-state index contributed by atoms with van der Waals surface area (Å²) in [4.78, 5) is 44.2. The molecule has 4 rings (SSSR count). The number of rotatable bonds is 7. The van der Waals surface area contributed by atoms with Gasteiger partial charge in [0.1, 0.15) is 28.2 Å². The molecule has 0 bridgehead atoms. The molecule has 1 unspecified atom stereocenters. The van der Waals surface area contributed by atoms with Gasteiger partial charge in [-0.25, -0.2) is 14.2 Å². The van der Waals surface area contributed by atoms with Crippen molar-refractivity contribution in [1.29, 1.82) is 0 Å². The molecule has 3 aromatic rings. The molecule has 1 fully saturated rings. The first-order valence-electron chi connectivity index (χ1n) is 11.5. The van der Waals surface area contributed by atoms with E-state index in [1.807, 2.05) is 6.92 Å². The lowest BCUT2D eigenvalue weighted by Crippen LogP contribution is -2.29. The Morgan fingerprint density at radius 3 is 2.57 bits per heavy atom. The Morgan fingerprint density at radius 1 is 1.19 bits per heavy atom. The quantitative estimate of drug-likeness (QED) is 0.198. The molecule has 1 aliphatic heterocycles. The maximum absolute atomic E-state index is 15.1. The lowest BCUT2D eigenvalue weighted by atomic mass is 9.94. The zero-order valence-corrected chi connectivity index (χ0v) is 21.5. The maximum Gasteiger partial charge on any atom is 0.350 e. The van der Waals surface area contributed by atoms with Crippen molar-refractivity contribution in [3.8, 4) is 5.75 Å². The molecule has 0 radical (unpaired) electrons. The van der Waals surface area contributed by atoms with Crippen LogP contribution in [0.2, 0.25) is 0 Å². The number of aryl methyl sites for hydroxylation is 2. The van der Waals surface area contributed by atoms with E-state index in [0.717, 1.165) is 22.7 Å². The summed E-state index contributed by atoms with van der Waals surface area (Å²) in [5.41, 5.74) is 0.984. The molecule has 1 N–H and O–H groups in total. The van der Waals surface area contributed by atoms with Crippen molar-refractivity contribution < 1.29 is 33.4 Å². The first kappa shape index (κ1) is 26.0. The van der Waals surface area contributed by atoms with Gasteiger partial charge in [0.25, 0.3) is 5.78 Å². The Labute approximate surface area is 217 Å². The fourth-order valence-corrected chi connectivity index (χ4v) is 5.13. The summed E-state index contributed by atoms with van der Waals surface area (Å²) in [7, 11) is 1.22. The fraction of sp³-hybridized carbons (Fsp3) is 0.259. The third-order valence-electron chi connectivity index (χ3n) is 5.92. The highest BCUT2D eigenvalue weighted by molar-refractivity contribution is 7.17.